The van der Waals surface area contributed by atoms with Crippen LogP contribution in [0.15, 0.2) is 324 Å². The van der Waals surface area contributed by atoms with E-state index in [1.807, 2.05) is 22.7 Å². The second-order valence-corrected chi connectivity index (χ2v) is 29.1. The molecule has 4 nitrogen and oxygen atoms in total. The smallest absolute Gasteiger partial charge is 0.144 e. The first kappa shape index (κ1) is 56.1. The second kappa shape index (κ2) is 21.5. The SMILES string of the molecule is CC1(C)c2ccccc2-c2ccc(-c3ccc(N(c4ccccc4)c4cccc5c4sc4ccc6c(oc7ccc8cc(-c9ccc%10c(N(c%11ccc(-c%12ccccc%12)cc%11)c%11cccc%12c%11sc%11ccc%13c(oc%14ccc%15ccccc%15c%14%13)c%11%12)cccc%10c9)ccc8c76)c45)cc3)cc21. The first-order chi connectivity index (χ1) is 48.8. The van der Waals surface area contributed by atoms with Crippen LogP contribution in [0.4, 0.5) is 34.1 Å². The minimum Gasteiger partial charge on any atom is -0.455 e. The lowest BCUT2D eigenvalue weighted by atomic mass is 9.81. The molecule has 1 aliphatic rings. The van der Waals surface area contributed by atoms with Gasteiger partial charge in [0.05, 0.1) is 26.5 Å². The van der Waals surface area contributed by atoms with Gasteiger partial charge in [0, 0.05) is 80.4 Å². The molecule has 20 aromatic rings. The molecule has 0 saturated carbocycles. The highest BCUT2D eigenvalue weighted by Gasteiger charge is 2.35. The van der Waals surface area contributed by atoms with Gasteiger partial charge in [0.15, 0.2) is 0 Å². The molecule has 0 atom stereocenters. The highest BCUT2D eigenvalue weighted by molar-refractivity contribution is 7.27. The van der Waals surface area contributed by atoms with Crippen molar-refractivity contribution in [2.24, 2.45) is 0 Å². The quantitative estimate of drug-likeness (QED) is 0.144. The fourth-order valence-electron chi connectivity index (χ4n) is 16.5. The third-order valence-corrected chi connectivity index (χ3v) is 23.6. The number of hydrogen-bond acceptors (Lipinski definition) is 6. The summed E-state index contributed by atoms with van der Waals surface area (Å²) in [6.07, 6.45) is 0. The van der Waals surface area contributed by atoms with Crippen molar-refractivity contribution in [3.05, 3.63) is 327 Å². The van der Waals surface area contributed by atoms with Gasteiger partial charge >= 0.3 is 0 Å². The highest BCUT2D eigenvalue weighted by Crippen LogP contribution is 2.54. The molecule has 464 valence electrons. The number of nitrogens with zero attached hydrogens (tertiary/aromatic N) is 2. The van der Waals surface area contributed by atoms with Crippen LogP contribution in [0.3, 0.4) is 0 Å². The topological polar surface area (TPSA) is 32.8 Å². The van der Waals surface area contributed by atoms with Crippen LogP contribution in [0.25, 0.3) is 161 Å². The van der Waals surface area contributed by atoms with E-state index >= 15 is 0 Å². The number of furan rings is 2. The number of hydrogen-bond donors (Lipinski definition) is 0. The molecule has 0 saturated heterocycles. The number of rotatable bonds is 9. The van der Waals surface area contributed by atoms with Crippen molar-refractivity contribution in [2.75, 3.05) is 9.80 Å². The molecule has 16 aromatic carbocycles. The lowest BCUT2D eigenvalue weighted by Gasteiger charge is -2.27. The molecule has 0 spiro atoms. The molecule has 0 bridgehead atoms. The van der Waals surface area contributed by atoms with Gasteiger partial charge in [-0.15, -0.1) is 22.7 Å². The van der Waals surface area contributed by atoms with Crippen molar-refractivity contribution in [3.8, 4) is 44.5 Å². The molecule has 4 heterocycles. The van der Waals surface area contributed by atoms with Crippen molar-refractivity contribution in [1.29, 1.82) is 0 Å². The zero-order valence-electron chi connectivity index (χ0n) is 54.0. The molecule has 0 unspecified atom stereocenters. The lowest BCUT2D eigenvalue weighted by molar-refractivity contribution is 0.660. The summed E-state index contributed by atoms with van der Waals surface area (Å²) < 4.78 is 18.8. The van der Waals surface area contributed by atoms with Crippen LogP contribution in [-0.2, 0) is 5.41 Å². The minimum atomic E-state index is -0.0668. The summed E-state index contributed by atoms with van der Waals surface area (Å²) in [7, 11) is 0. The molecular weight excluding hydrogens is 1240 g/mol. The van der Waals surface area contributed by atoms with E-state index in [0.717, 1.165) is 105 Å². The summed E-state index contributed by atoms with van der Waals surface area (Å²) in [5, 5.41) is 16.3. The van der Waals surface area contributed by atoms with Crippen LogP contribution in [0.2, 0.25) is 0 Å². The third-order valence-electron chi connectivity index (χ3n) is 21.2. The lowest BCUT2D eigenvalue weighted by Crippen LogP contribution is -2.14. The van der Waals surface area contributed by atoms with Crippen LogP contribution < -0.4 is 9.80 Å². The van der Waals surface area contributed by atoms with Crippen molar-refractivity contribution >= 4 is 173 Å². The summed E-state index contributed by atoms with van der Waals surface area (Å²) in [6, 6.07) is 116. The zero-order chi connectivity index (χ0) is 65.2. The van der Waals surface area contributed by atoms with Crippen LogP contribution in [0.1, 0.15) is 25.0 Å². The zero-order valence-corrected chi connectivity index (χ0v) is 55.7. The Kier molecular flexibility index (Phi) is 12.2. The number of anilines is 6. The van der Waals surface area contributed by atoms with Gasteiger partial charge in [-0.1, -0.05) is 220 Å². The molecule has 0 N–H and O–H groups in total. The van der Waals surface area contributed by atoms with Crippen LogP contribution in [0, 0.1) is 0 Å². The fourth-order valence-corrected chi connectivity index (χ4v) is 18.9. The second-order valence-electron chi connectivity index (χ2n) is 27.0. The van der Waals surface area contributed by atoms with E-state index in [0.29, 0.717) is 0 Å². The Bertz CT molecular complexity index is 6750. The highest BCUT2D eigenvalue weighted by atomic mass is 32.1. The average Bonchev–Trinajstić information content (AvgIpc) is 1.59. The Morgan fingerprint density at radius 2 is 0.717 bits per heavy atom. The Labute approximate surface area is 578 Å². The van der Waals surface area contributed by atoms with E-state index in [2.05, 4.69) is 339 Å². The first-order valence-electron chi connectivity index (χ1n) is 33.9. The predicted molar refractivity (Wildman–Crippen MR) is 423 cm³/mol. The molecule has 6 heteroatoms. The van der Waals surface area contributed by atoms with Gasteiger partial charge in [0.2, 0.25) is 0 Å². The van der Waals surface area contributed by atoms with E-state index in [-0.39, 0.29) is 5.41 Å². The normalized spacial score (nSPS) is 12.8. The van der Waals surface area contributed by atoms with E-state index in [1.54, 1.807) is 0 Å². The maximum Gasteiger partial charge on any atom is 0.144 e. The van der Waals surface area contributed by atoms with Gasteiger partial charge < -0.3 is 18.6 Å². The Hall–Kier alpha value is -12.1. The van der Waals surface area contributed by atoms with Gasteiger partial charge in [-0.05, 0) is 192 Å². The minimum absolute atomic E-state index is 0.0668. The molecule has 0 fully saturated rings. The molecule has 4 aromatic heterocycles. The fraction of sp³-hybridized carbons (Fsp3) is 0.0323. The summed E-state index contributed by atoms with van der Waals surface area (Å²) >= 11 is 3.67. The van der Waals surface area contributed by atoms with Crippen molar-refractivity contribution in [1.82, 2.24) is 0 Å². The van der Waals surface area contributed by atoms with Crippen molar-refractivity contribution in [3.63, 3.8) is 0 Å². The molecule has 0 amide bonds. The standard InChI is InChI=1S/C93H58N2O2S2/c1-93(2)76-26-12-11-23-70(76)71-45-36-61(54-77(71)93)57-32-39-65(40-33-57)94(64-20-7-4-8-21-64)79-28-14-24-74-87-83(98-91(74)79)51-47-73-86-69-44-35-60(53-63(69)38-49-82(86)97-90(73)87)59-34-43-67-62(52-59)19-13-27-78(67)95(66-41-30-56(31-42-66)55-16-5-3-6-17-55)80-29-15-25-75-88-84(99-92(75)80)50-46-72-85-68-22-10-9-18-58(68)37-48-81(85)96-89(72)88/h3-54H,1-2H3. The molecule has 21 rings (SSSR count). The molecular formula is C93H58N2O2S2. The summed E-state index contributed by atoms with van der Waals surface area (Å²) in [5.74, 6) is 0. The average molecular weight is 1300 g/mol. The molecule has 99 heavy (non-hydrogen) atoms. The monoisotopic (exact) mass is 1300 g/mol. The van der Waals surface area contributed by atoms with Gasteiger partial charge in [0.1, 0.15) is 22.3 Å². The summed E-state index contributed by atoms with van der Waals surface area (Å²) in [6.45, 7) is 4.70. The molecule has 0 aliphatic heterocycles. The van der Waals surface area contributed by atoms with Gasteiger partial charge in [-0.3, -0.25) is 0 Å². The predicted octanol–water partition coefficient (Wildman–Crippen LogP) is 27.9. The third kappa shape index (κ3) is 8.50. The number of para-hydroxylation sites is 1. The van der Waals surface area contributed by atoms with Gasteiger partial charge in [0.25, 0.3) is 0 Å². The van der Waals surface area contributed by atoms with Crippen LogP contribution in [-0.4, -0.2) is 0 Å². The van der Waals surface area contributed by atoms with Crippen molar-refractivity contribution in [2.45, 2.75) is 19.3 Å². The van der Waals surface area contributed by atoms with E-state index < -0.39 is 0 Å². The number of thiophene rings is 2. The van der Waals surface area contributed by atoms with Crippen LogP contribution >= 0.6 is 22.7 Å². The Balaban J connectivity index is 0.645. The van der Waals surface area contributed by atoms with E-state index in [1.165, 1.54) is 101 Å². The number of benzene rings is 16. The maximum absolute atomic E-state index is 7.07. The largest absolute Gasteiger partial charge is 0.455 e. The Morgan fingerprint density at radius 1 is 0.273 bits per heavy atom. The van der Waals surface area contributed by atoms with E-state index in [4.69, 9.17) is 8.83 Å². The van der Waals surface area contributed by atoms with E-state index in [9.17, 15) is 0 Å². The first-order valence-corrected chi connectivity index (χ1v) is 35.6. The summed E-state index contributed by atoms with van der Waals surface area (Å²) in [4.78, 5) is 4.88. The van der Waals surface area contributed by atoms with Crippen molar-refractivity contribution < 1.29 is 8.83 Å². The van der Waals surface area contributed by atoms with Gasteiger partial charge in [-0.25, -0.2) is 0 Å². The number of fused-ring (bicyclic) bond motifs is 22. The Morgan fingerprint density at radius 3 is 1.39 bits per heavy atom. The van der Waals surface area contributed by atoms with Crippen LogP contribution in [0.5, 0.6) is 0 Å². The molecule has 1 aliphatic carbocycles. The van der Waals surface area contributed by atoms with Gasteiger partial charge in [-0.2, -0.15) is 0 Å². The maximum atomic E-state index is 7.07. The molecule has 0 radical (unpaired) electrons. The summed E-state index contributed by atoms with van der Waals surface area (Å²) in [5.41, 5.74) is 22.8.